The predicted molar refractivity (Wildman–Crippen MR) is 221 cm³/mol. The molecule has 0 bridgehead atoms. The monoisotopic (exact) mass is 774 g/mol. The van der Waals surface area contributed by atoms with Crippen molar-refractivity contribution in [3.05, 3.63) is 132 Å². The summed E-state index contributed by atoms with van der Waals surface area (Å²) in [6, 6.07) is 24.8. The molecule has 6 aromatic heterocycles. The minimum absolute atomic E-state index is 0.273. The van der Waals surface area contributed by atoms with Crippen LogP contribution in [0, 0.1) is 39.3 Å². The van der Waals surface area contributed by atoms with Crippen molar-refractivity contribution in [2.24, 2.45) is 0 Å². The Morgan fingerprint density at radius 3 is 1.48 bits per heavy atom. The maximum Gasteiger partial charge on any atom is 0.141 e. The number of nitrogens with one attached hydrogen (secondary N) is 2. The Morgan fingerprint density at radius 1 is 0.534 bits per heavy atom. The number of aromatic amines is 2. The molecule has 10 rings (SSSR count). The molecule has 4 aromatic carbocycles. The highest BCUT2D eigenvalue weighted by atomic mass is 19.1. The van der Waals surface area contributed by atoms with Gasteiger partial charge in [0.2, 0.25) is 0 Å². The number of methoxy groups -OCH3 is 2. The van der Waals surface area contributed by atoms with Crippen LogP contribution in [-0.2, 0) is 0 Å². The molecule has 10 aromatic rings. The Balaban J connectivity index is 0.000000150. The molecule has 6 heterocycles. The van der Waals surface area contributed by atoms with E-state index in [0.717, 1.165) is 117 Å². The highest BCUT2D eigenvalue weighted by Crippen LogP contribution is 2.43. The van der Waals surface area contributed by atoms with Crippen LogP contribution in [-0.4, -0.2) is 44.5 Å². The number of hydrogen-bond acceptors (Lipinski definition) is 8. The fourth-order valence-corrected chi connectivity index (χ4v) is 7.89. The zero-order chi connectivity index (χ0) is 40.2. The van der Waals surface area contributed by atoms with Crippen molar-refractivity contribution in [2.45, 2.75) is 27.7 Å². The van der Waals surface area contributed by atoms with Crippen LogP contribution in [0.3, 0.4) is 0 Å². The number of halogens is 2. The smallest absolute Gasteiger partial charge is 0.141 e. The molecule has 0 fully saturated rings. The molecule has 0 aliphatic carbocycles. The van der Waals surface area contributed by atoms with E-state index in [-0.39, 0.29) is 11.6 Å². The zero-order valence-corrected chi connectivity index (χ0v) is 32.4. The van der Waals surface area contributed by atoms with Crippen LogP contribution in [0.4, 0.5) is 8.78 Å². The first-order valence-corrected chi connectivity index (χ1v) is 18.5. The molecule has 0 amide bonds. The summed E-state index contributed by atoms with van der Waals surface area (Å²) in [5, 5.41) is 12.0. The van der Waals surface area contributed by atoms with Gasteiger partial charge in [0, 0.05) is 67.2 Å². The highest BCUT2D eigenvalue weighted by Gasteiger charge is 2.22. The van der Waals surface area contributed by atoms with E-state index in [2.05, 4.69) is 36.3 Å². The van der Waals surface area contributed by atoms with Gasteiger partial charge in [-0.15, -0.1) is 0 Å². The lowest BCUT2D eigenvalue weighted by Crippen LogP contribution is -1.90. The van der Waals surface area contributed by atoms with Crippen LogP contribution in [0.15, 0.2) is 106 Å². The van der Waals surface area contributed by atoms with E-state index in [0.29, 0.717) is 5.75 Å². The lowest BCUT2D eigenvalue weighted by Gasteiger charge is -2.09. The number of H-pyrrole nitrogens is 2. The summed E-state index contributed by atoms with van der Waals surface area (Å²) in [5.41, 5.74) is 12.1. The Labute approximate surface area is 330 Å². The van der Waals surface area contributed by atoms with E-state index >= 15 is 0 Å². The van der Waals surface area contributed by atoms with Gasteiger partial charge in [0.25, 0.3) is 0 Å². The Kier molecular flexibility index (Phi) is 8.96. The van der Waals surface area contributed by atoms with Crippen molar-refractivity contribution >= 4 is 43.6 Å². The van der Waals surface area contributed by atoms with Gasteiger partial charge in [-0.3, -0.25) is 9.97 Å². The van der Waals surface area contributed by atoms with Crippen molar-refractivity contribution in [1.82, 2.24) is 30.2 Å². The molecule has 0 atom stereocenters. The molecule has 0 radical (unpaired) electrons. The normalized spacial score (nSPS) is 11.4. The third-order valence-electron chi connectivity index (χ3n) is 10.5. The molecule has 10 nitrogen and oxygen atoms in total. The molecular weight excluding hydrogens is 739 g/mol. The molecule has 12 heteroatoms. The second-order valence-corrected chi connectivity index (χ2v) is 14.0. The Morgan fingerprint density at radius 2 is 1.03 bits per heavy atom. The lowest BCUT2D eigenvalue weighted by atomic mass is 9.99. The maximum absolute atomic E-state index is 13.8. The average Bonchev–Trinajstić information content (AvgIpc) is 3.98. The van der Waals surface area contributed by atoms with Crippen LogP contribution >= 0.6 is 0 Å². The first-order valence-electron chi connectivity index (χ1n) is 18.5. The summed E-state index contributed by atoms with van der Waals surface area (Å²) in [7, 11) is 3.29. The van der Waals surface area contributed by atoms with E-state index in [1.54, 1.807) is 44.8 Å². The topological polar surface area (TPSA) is 128 Å². The molecule has 0 spiro atoms. The van der Waals surface area contributed by atoms with Crippen LogP contribution in [0.5, 0.6) is 11.5 Å². The quantitative estimate of drug-likeness (QED) is 0.171. The lowest BCUT2D eigenvalue weighted by molar-refractivity contribution is 0.393. The van der Waals surface area contributed by atoms with Gasteiger partial charge in [0.05, 0.1) is 59.2 Å². The summed E-state index contributed by atoms with van der Waals surface area (Å²) >= 11 is 0. The van der Waals surface area contributed by atoms with Crippen molar-refractivity contribution in [2.75, 3.05) is 14.2 Å². The van der Waals surface area contributed by atoms with Gasteiger partial charge in [-0.25, -0.2) is 8.78 Å². The van der Waals surface area contributed by atoms with Gasteiger partial charge in [-0.1, -0.05) is 22.4 Å². The van der Waals surface area contributed by atoms with E-state index in [1.165, 1.54) is 24.3 Å². The standard InChI is InChI=1S/2C23H18FN3O2/c1-12-21(13(2)29-27-12)17-10-19-16(11-20(17)28-3)22-18(26-19)8-9-25-23(22)14-4-6-15(24)7-5-14;1-12-21(13(2)29-27-12)17-10-19-16(11-20(17)28-3)22-18(26-19)7-8-25-23(22)14-5-4-6-15(24)9-14/h2*4-11,26H,1-3H3. The predicted octanol–water partition coefficient (Wildman–Crippen LogP) is 11.6. The number of rotatable bonds is 6. The van der Waals surface area contributed by atoms with Gasteiger partial charge >= 0.3 is 0 Å². The van der Waals surface area contributed by atoms with Crippen LogP contribution in [0.2, 0.25) is 0 Å². The summed E-state index contributed by atoms with van der Waals surface area (Å²) in [6.07, 6.45) is 3.48. The third kappa shape index (κ3) is 6.10. The summed E-state index contributed by atoms with van der Waals surface area (Å²) < 4.78 is 49.3. The summed E-state index contributed by atoms with van der Waals surface area (Å²) in [6.45, 7) is 7.60. The average molecular weight is 775 g/mol. The number of fused-ring (bicyclic) bond motifs is 6. The molecule has 58 heavy (non-hydrogen) atoms. The fraction of sp³-hybridized carbons (Fsp3) is 0.130. The summed E-state index contributed by atoms with van der Waals surface area (Å²) in [5.74, 6) is 2.34. The number of hydrogen-bond donors (Lipinski definition) is 2. The van der Waals surface area contributed by atoms with Gasteiger partial charge in [0.1, 0.15) is 34.7 Å². The molecule has 2 N–H and O–H groups in total. The largest absolute Gasteiger partial charge is 0.496 e. The van der Waals surface area contributed by atoms with Gasteiger partial charge in [-0.2, -0.15) is 0 Å². The van der Waals surface area contributed by atoms with Crippen LogP contribution in [0.1, 0.15) is 22.9 Å². The molecule has 0 aliphatic rings. The number of nitrogens with zero attached hydrogens (tertiary/aromatic N) is 4. The first kappa shape index (κ1) is 36.3. The molecule has 288 valence electrons. The van der Waals surface area contributed by atoms with Gasteiger partial charge < -0.3 is 28.5 Å². The maximum atomic E-state index is 13.8. The van der Waals surface area contributed by atoms with E-state index in [4.69, 9.17) is 18.5 Å². The highest BCUT2D eigenvalue weighted by molar-refractivity contribution is 6.15. The van der Waals surface area contributed by atoms with Crippen molar-refractivity contribution in [1.29, 1.82) is 0 Å². The van der Waals surface area contributed by atoms with Crippen LogP contribution < -0.4 is 9.47 Å². The molecule has 0 saturated carbocycles. The minimum Gasteiger partial charge on any atom is -0.496 e. The van der Waals surface area contributed by atoms with Crippen molar-refractivity contribution in [3.8, 4) is 56.3 Å². The number of aromatic nitrogens is 6. The molecular formula is C46H36F2N6O4. The number of aryl methyl sites for hydroxylation is 4. The van der Waals surface area contributed by atoms with Crippen LogP contribution in [0.25, 0.3) is 88.4 Å². The molecule has 0 unspecified atom stereocenters. The molecule has 0 saturated heterocycles. The zero-order valence-electron chi connectivity index (χ0n) is 32.4. The van der Waals surface area contributed by atoms with Crippen molar-refractivity contribution in [3.63, 3.8) is 0 Å². The third-order valence-corrected chi connectivity index (χ3v) is 10.5. The first-order chi connectivity index (χ1) is 28.1. The molecule has 0 aliphatic heterocycles. The number of pyridine rings is 2. The Hall–Kier alpha value is -7.34. The fourth-order valence-electron chi connectivity index (χ4n) is 7.89. The van der Waals surface area contributed by atoms with Gasteiger partial charge in [0.15, 0.2) is 0 Å². The van der Waals surface area contributed by atoms with E-state index in [1.807, 2.05) is 64.1 Å². The number of ether oxygens (including phenoxy) is 2. The summed E-state index contributed by atoms with van der Waals surface area (Å²) in [4.78, 5) is 16.0. The minimum atomic E-state index is -0.292. The second-order valence-electron chi connectivity index (χ2n) is 14.0. The number of benzene rings is 4. The van der Waals surface area contributed by atoms with E-state index < -0.39 is 0 Å². The van der Waals surface area contributed by atoms with Gasteiger partial charge in [-0.05, 0) is 100 Å². The SMILES string of the molecule is COc1cc2c(cc1-c1c(C)noc1C)[nH]c1ccnc(-c3ccc(F)cc3)c12.COc1cc2c(cc1-c1c(C)noc1C)[nH]c1ccnc(-c3cccc(F)c3)c12. The second kappa shape index (κ2) is 14.3. The van der Waals surface area contributed by atoms with E-state index in [9.17, 15) is 8.78 Å². The Bertz CT molecular complexity index is 3140. The van der Waals surface area contributed by atoms with Crippen molar-refractivity contribution < 1.29 is 27.3 Å².